The number of hydrogen-bond donors (Lipinski definition) is 4. The maximum atomic E-state index is 13.4. The van der Waals surface area contributed by atoms with E-state index in [1.54, 1.807) is 0 Å². The zero-order valence-electron chi connectivity index (χ0n) is 19.5. The SMILES string of the molecule is CC1(C)[C@@H]2[C@@H](C(=O)N[C@@H](C[C@@H]3CCNC3=O)C(N)=O)N(C(=O)[C@@H](NC(=O)C(F)(F)F)C3CC3)C[C@@H]21. The second-order valence-corrected chi connectivity index (χ2v) is 10.7. The number of rotatable bonds is 8. The standard InChI is InChI=1S/C22H30F3N5O5/c1-21(2)11-8-30(19(34)14(9-3-4-9)29-20(35)22(23,24)25)15(13(11)21)18(33)28-12(16(26)31)7-10-5-6-27-17(10)32/h9-15H,3-8H2,1-2H3,(H2,26,31)(H,27,32)(H,28,33)(H,29,35)/t10-,11-,12-,13-,14-,15-/m0/s1. The van der Waals surface area contributed by atoms with Crippen LogP contribution in [0.4, 0.5) is 13.2 Å². The van der Waals surface area contributed by atoms with E-state index in [9.17, 15) is 37.1 Å². The molecule has 0 aromatic heterocycles. The Labute approximate surface area is 199 Å². The van der Waals surface area contributed by atoms with Gasteiger partial charge in [-0.2, -0.15) is 13.2 Å². The zero-order valence-corrected chi connectivity index (χ0v) is 19.5. The van der Waals surface area contributed by atoms with Crippen molar-refractivity contribution in [1.82, 2.24) is 20.9 Å². The number of nitrogens with one attached hydrogen (secondary N) is 3. The molecule has 10 nitrogen and oxygen atoms in total. The quantitative estimate of drug-likeness (QED) is 0.351. The first-order valence-corrected chi connectivity index (χ1v) is 11.8. The van der Waals surface area contributed by atoms with Crippen molar-refractivity contribution in [3.8, 4) is 0 Å². The minimum atomic E-state index is -5.14. The van der Waals surface area contributed by atoms with Gasteiger partial charge in [-0.3, -0.25) is 24.0 Å². The van der Waals surface area contributed by atoms with E-state index in [1.165, 1.54) is 4.90 Å². The molecule has 0 aromatic carbocycles. The number of hydrogen-bond acceptors (Lipinski definition) is 5. The molecule has 5 amide bonds. The van der Waals surface area contributed by atoms with Crippen LogP contribution < -0.4 is 21.7 Å². The minimum Gasteiger partial charge on any atom is -0.368 e. The average Bonchev–Trinajstić information content (AvgIpc) is 3.55. The fraction of sp³-hybridized carbons (Fsp3) is 0.773. The number of piperidine rings is 1. The lowest BCUT2D eigenvalue weighted by molar-refractivity contribution is -0.175. The van der Waals surface area contributed by atoms with Crippen molar-refractivity contribution in [1.29, 1.82) is 0 Å². The molecule has 5 N–H and O–H groups in total. The Morgan fingerprint density at radius 3 is 2.34 bits per heavy atom. The third kappa shape index (κ3) is 4.81. The molecular formula is C22H30F3N5O5. The fourth-order valence-electron chi connectivity index (χ4n) is 5.68. The van der Waals surface area contributed by atoms with E-state index in [0.29, 0.717) is 25.8 Å². The number of halogens is 3. The molecule has 2 saturated heterocycles. The molecule has 2 aliphatic carbocycles. The Morgan fingerprint density at radius 1 is 1.17 bits per heavy atom. The van der Waals surface area contributed by atoms with Gasteiger partial charge in [0.2, 0.25) is 23.6 Å². The largest absolute Gasteiger partial charge is 0.471 e. The Bertz CT molecular complexity index is 950. The number of carbonyl (C=O) groups is 5. The van der Waals surface area contributed by atoms with Gasteiger partial charge in [-0.1, -0.05) is 13.8 Å². The molecule has 6 atom stereocenters. The van der Waals surface area contributed by atoms with E-state index >= 15 is 0 Å². The molecule has 35 heavy (non-hydrogen) atoms. The van der Waals surface area contributed by atoms with Crippen LogP contribution in [0.3, 0.4) is 0 Å². The maximum Gasteiger partial charge on any atom is 0.471 e. The fourth-order valence-corrected chi connectivity index (χ4v) is 5.68. The van der Waals surface area contributed by atoms with Crippen LogP contribution in [0.2, 0.25) is 0 Å². The Morgan fingerprint density at radius 2 is 1.83 bits per heavy atom. The van der Waals surface area contributed by atoms with Crippen LogP contribution in [-0.2, 0) is 24.0 Å². The third-order valence-corrected chi connectivity index (χ3v) is 8.01. The zero-order chi connectivity index (χ0) is 25.9. The van der Waals surface area contributed by atoms with E-state index in [-0.39, 0.29) is 36.1 Å². The van der Waals surface area contributed by atoms with E-state index in [0.717, 1.165) is 0 Å². The van der Waals surface area contributed by atoms with Crippen LogP contribution in [0, 0.1) is 29.1 Å². The number of fused-ring (bicyclic) bond motifs is 1. The summed E-state index contributed by atoms with van der Waals surface area (Å²) in [5, 5.41) is 7.04. The number of nitrogens with two attached hydrogens (primary N) is 1. The van der Waals surface area contributed by atoms with Gasteiger partial charge in [0.1, 0.15) is 18.1 Å². The van der Waals surface area contributed by atoms with Crippen molar-refractivity contribution in [2.24, 2.45) is 34.8 Å². The van der Waals surface area contributed by atoms with Crippen LogP contribution in [0.5, 0.6) is 0 Å². The summed E-state index contributed by atoms with van der Waals surface area (Å²) in [5.74, 6) is -5.86. The topological polar surface area (TPSA) is 151 Å². The summed E-state index contributed by atoms with van der Waals surface area (Å²) in [6.07, 6.45) is -3.65. The molecular weight excluding hydrogens is 471 g/mol. The van der Waals surface area contributed by atoms with Gasteiger partial charge in [0.15, 0.2) is 0 Å². The van der Waals surface area contributed by atoms with Gasteiger partial charge in [0, 0.05) is 19.0 Å². The molecule has 0 radical (unpaired) electrons. The molecule has 2 saturated carbocycles. The third-order valence-electron chi connectivity index (χ3n) is 8.01. The highest BCUT2D eigenvalue weighted by atomic mass is 19.4. The Balaban J connectivity index is 1.51. The lowest BCUT2D eigenvalue weighted by atomic mass is 9.96. The van der Waals surface area contributed by atoms with Crippen molar-refractivity contribution in [2.45, 2.75) is 63.8 Å². The van der Waals surface area contributed by atoms with E-state index in [2.05, 4.69) is 10.6 Å². The van der Waals surface area contributed by atoms with Crippen LogP contribution in [0.1, 0.15) is 39.5 Å². The molecule has 0 unspecified atom stereocenters. The second kappa shape index (κ2) is 8.66. The predicted molar refractivity (Wildman–Crippen MR) is 114 cm³/mol. The minimum absolute atomic E-state index is 0.0113. The number of primary amides is 1. The van der Waals surface area contributed by atoms with Gasteiger partial charge >= 0.3 is 12.1 Å². The van der Waals surface area contributed by atoms with Gasteiger partial charge in [0.05, 0.1) is 0 Å². The van der Waals surface area contributed by atoms with Crippen LogP contribution in [-0.4, -0.2) is 71.8 Å². The molecule has 4 fully saturated rings. The first-order chi connectivity index (χ1) is 16.2. The number of amides is 5. The summed E-state index contributed by atoms with van der Waals surface area (Å²) < 4.78 is 38.6. The Hall–Kier alpha value is -2.86. The highest BCUT2D eigenvalue weighted by Gasteiger charge is 2.70. The second-order valence-electron chi connectivity index (χ2n) is 10.7. The van der Waals surface area contributed by atoms with Crippen molar-refractivity contribution in [3.05, 3.63) is 0 Å². The number of carbonyl (C=O) groups excluding carboxylic acids is 5. The van der Waals surface area contributed by atoms with Crippen molar-refractivity contribution < 1.29 is 37.1 Å². The smallest absolute Gasteiger partial charge is 0.368 e. The molecule has 0 bridgehead atoms. The summed E-state index contributed by atoms with van der Waals surface area (Å²) in [6, 6.07) is -3.54. The Kier molecular flexibility index (Phi) is 6.25. The molecule has 194 valence electrons. The molecule has 2 aliphatic heterocycles. The number of alkyl halides is 3. The highest BCUT2D eigenvalue weighted by Crippen LogP contribution is 2.65. The van der Waals surface area contributed by atoms with Crippen molar-refractivity contribution in [3.63, 3.8) is 0 Å². The average molecular weight is 502 g/mol. The van der Waals surface area contributed by atoms with E-state index in [1.807, 2.05) is 19.2 Å². The summed E-state index contributed by atoms with van der Waals surface area (Å²) in [4.78, 5) is 63.5. The molecule has 13 heteroatoms. The summed E-state index contributed by atoms with van der Waals surface area (Å²) in [6.45, 7) is 4.48. The van der Waals surface area contributed by atoms with Gasteiger partial charge in [0.25, 0.3) is 0 Å². The first-order valence-electron chi connectivity index (χ1n) is 11.8. The number of nitrogens with zero attached hydrogens (tertiary/aromatic N) is 1. The summed E-state index contributed by atoms with van der Waals surface area (Å²) in [5.41, 5.74) is 5.19. The van der Waals surface area contributed by atoms with Crippen molar-refractivity contribution in [2.75, 3.05) is 13.1 Å². The number of likely N-dealkylation sites (tertiary alicyclic amines) is 1. The van der Waals surface area contributed by atoms with Gasteiger partial charge in [-0.25, -0.2) is 0 Å². The molecule has 0 spiro atoms. The summed E-state index contributed by atoms with van der Waals surface area (Å²) in [7, 11) is 0. The summed E-state index contributed by atoms with van der Waals surface area (Å²) >= 11 is 0. The van der Waals surface area contributed by atoms with Gasteiger partial charge in [-0.05, 0) is 48.9 Å². The first kappa shape index (κ1) is 25.2. The van der Waals surface area contributed by atoms with E-state index in [4.69, 9.17) is 5.73 Å². The molecule has 0 aromatic rings. The molecule has 4 aliphatic rings. The van der Waals surface area contributed by atoms with Gasteiger partial charge in [-0.15, -0.1) is 0 Å². The van der Waals surface area contributed by atoms with Crippen LogP contribution in [0.15, 0.2) is 0 Å². The monoisotopic (exact) mass is 501 g/mol. The van der Waals surface area contributed by atoms with E-state index < -0.39 is 59.8 Å². The normalized spacial score (nSPS) is 30.7. The van der Waals surface area contributed by atoms with Crippen LogP contribution >= 0.6 is 0 Å². The van der Waals surface area contributed by atoms with Gasteiger partial charge < -0.3 is 26.6 Å². The highest BCUT2D eigenvalue weighted by molar-refractivity contribution is 5.96. The lowest BCUT2D eigenvalue weighted by Crippen LogP contribution is -2.59. The molecule has 4 rings (SSSR count). The predicted octanol–water partition coefficient (Wildman–Crippen LogP) is -0.577. The van der Waals surface area contributed by atoms with Crippen molar-refractivity contribution >= 4 is 29.5 Å². The maximum absolute atomic E-state index is 13.4. The van der Waals surface area contributed by atoms with Crippen LogP contribution in [0.25, 0.3) is 0 Å². The lowest BCUT2D eigenvalue weighted by Gasteiger charge is -2.34. The molecule has 2 heterocycles.